The fraction of sp³-hybridized carbons (Fsp3) is 0. The molecule has 0 atom stereocenters. The first kappa shape index (κ1) is 15.1. The normalized spacial score (nSPS) is 14.7. The van der Waals surface area contributed by atoms with Crippen LogP contribution in [-0.4, -0.2) is 5.91 Å². The van der Waals surface area contributed by atoms with Gasteiger partial charge < -0.3 is 10.6 Å². The van der Waals surface area contributed by atoms with Crippen molar-refractivity contribution in [2.45, 2.75) is 0 Å². The quantitative estimate of drug-likeness (QED) is 0.680. The molecular formula is C21H15FN2O. The van der Waals surface area contributed by atoms with Crippen molar-refractivity contribution < 1.29 is 9.18 Å². The molecule has 4 heteroatoms. The maximum atomic E-state index is 13.5. The number of fused-ring (bicyclic) bond motifs is 1. The molecule has 25 heavy (non-hydrogen) atoms. The predicted molar refractivity (Wildman–Crippen MR) is 98.4 cm³/mol. The van der Waals surface area contributed by atoms with Gasteiger partial charge in [-0.15, -0.1) is 0 Å². The summed E-state index contributed by atoms with van der Waals surface area (Å²) in [5.74, 6) is -0.625. The lowest BCUT2D eigenvalue weighted by Crippen LogP contribution is -2.10. The number of nitrogens with one attached hydrogen (secondary N) is 2. The number of hydrogen-bond acceptors (Lipinski definition) is 2. The van der Waals surface area contributed by atoms with Crippen molar-refractivity contribution in [2.24, 2.45) is 0 Å². The highest BCUT2D eigenvalue weighted by molar-refractivity contribution is 6.37. The lowest BCUT2D eigenvalue weighted by Gasteiger charge is -2.14. The minimum absolute atomic E-state index is 0.247. The Morgan fingerprint density at radius 2 is 1.56 bits per heavy atom. The van der Waals surface area contributed by atoms with Crippen LogP contribution in [0.2, 0.25) is 0 Å². The Morgan fingerprint density at radius 3 is 2.28 bits per heavy atom. The van der Waals surface area contributed by atoms with E-state index < -0.39 is 0 Å². The highest BCUT2D eigenvalue weighted by Crippen LogP contribution is 2.37. The molecule has 1 aliphatic rings. The summed E-state index contributed by atoms with van der Waals surface area (Å²) in [6.45, 7) is 0. The minimum atomic E-state index is -0.377. The van der Waals surface area contributed by atoms with Gasteiger partial charge in [-0.3, -0.25) is 4.79 Å². The molecule has 0 radical (unpaired) electrons. The van der Waals surface area contributed by atoms with Crippen molar-refractivity contribution in [3.8, 4) is 0 Å². The molecule has 0 saturated carbocycles. The van der Waals surface area contributed by atoms with E-state index in [1.807, 2.05) is 60.7 Å². The Kier molecular flexibility index (Phi) is 3.78. The summed E-state index contributed by atoms with van der Waals surface area (Å²) >= 11 is 0. The number of rotatable bonds is 3. The summed E-state index contributed by atoms with van der Waals surface area (Å²) in [4.78, 5) is 12.6. The van der Waals surface area contributed by atoms with Crippen LogP contribution in [0.5, 0.6) is 0 Å². The van der Waals surface area contributed by atoms with Gasteiger partial charge in [0.05, 0.1) is 17.0 Å². The smallest absolute Gasteiger partial charge is 0.258 e. The van der Waals surface area contributed by atoms with E-state index in [-0.39, 0.29) is 11.7 Å². The molecule has 3 aromatic carbocycles. The molecule has 3 nitrogen and oxygen atoms in total. The van der Waals surface area contributed by atoms with Crippen LogP contribution in [0.15, 0.2) is 78.9 Å². The van der Waals surface area contributed by atoms with E-state index in [1.165, 1.54) is 12.1 Å². The second kappa shape index (κ2) is 6.24. The fourth-order valence-corrected chi connectivity index (χ4v) is 2.94. The van der Waals surface area contributed by atoms with E-state index in [0.29, 0.717) is 22.5 Å². The molecule has 0 saturated heterocycles. The number of hydrogen-bond donors (Lipinski definition) is 2. The molecular weight excluding hydrogens is 315 g/mol. The van der Waals surface area contributed by atoms with Crippen molar-refractivity contribution in [3.63, 3.8) is 0 Å². The van der Waals surface area contributed by atoms with Crippen LogP contribution >= 0.6 is 0 Å². The molecule has 122 valence electrons. The Bertz CT molecular complexity index is 966. The Labute approximate surface area is 144 Å². The monoisotopic (exact) mass is 330 g/mol. The summed E-state index contributed by atoms with van der Waals surface area (Å²) in [6, 6.07) is 23.6. The zero-order valence-electron chi connectivity index (χ0n) is 13.3. The fourth-order valence-electron chi connectivity index (χ4n) is 2.94. The number of benzene rings is 3. The number of carbonyl (C=O) groups is 1. The molecule has 1 heterocycles. The first-order valence-electron chi connectivity index (χ1n) is 7.95. The van der Waals surface area contributed by atoms with Crippen molar-refractivity contribution in [1.82, 2.24) is 0 Å². The third kappa shape index (κ3) is 2.90. The van der Waals surface area contributed by atoms with Gasteiger partial charge in [0.1, 0.15) is 5.82 Å². The number of anilines is 2. The van der Waals surface area contributed by atoms with E-state index in [9.17, 15) is 9.18 Å². The standard InChI is InChI=1S/C21H15FN2O/c22-15-11-12-17-18(13-15)24-21(25)19(17)20(14-7-3-1-4-8-14)23-16-9-5-2-6-10-16/h1-13,23H,(H,24,25)/b20-19-. The zero-order chi connectivity index (χ0) is 17.2. The molecule has 0 aromatic heterocycles. The number of halogens is 1. The third-order valence-electron chi connectivity index (χ3n) is 4.08. The van der Waals surface area contributed by atoms with Gasteiger partial charge in [0.15, 0.2) is 0 Å². The van der Waals surface area contributed by atoms with Crippen LogP contribution in [0.3, 0.4) is 0 Å². The van der Waals surface area contributed by atoms with E-state index in [2.05, 4.69) is 10.6 Å². The number of carbonyl (C=O) groups excluding carboxylic acids is 1. The van der Waals surface area contributed by atoms with E-state index in [0.717, 1.165) is 11.3 Å². The average molecular weight is 330 g/mol. The van der Waals surface area contributed by atoms with E-state index >= 15 is 0 Å². The van der Waals surface area contributed by atoms with Gasteiger partial charge in [-0.1, -0.05) is 48.5 Å². The molecule has 0 unspecified atom stereocenters. The lowest BCUT2D eigenvalue weighted by molar-refractivity contribution is -0.110. The number of amides is 1. The Hall–Kier alpha value is -3.40. The van der Waals surface area contributed by atoms with Crippen LogP contribution in [-0.2, 0) is 4.79 Å². The summed E-state index contributed by atoms with van der Waals surface area (Å²) in [5.41, 5.74) is 4.13. The van der Waals surface area contributed by atoms with E-state index in [4.69, 9.17) is 0 Å². The molecule has 0 aliphatic carbocycles. The third-order valence-corrected chi connectivity index (χ3v) is 4.08. The van der Waals surface area contributed by atoms with Crippen LogP contribution in [0.25, 0.3) is 11.3 Å². The van der Waals surface area contributed by atoms with Crippen LogP contribution < -0.4 is 10.6 Å². The van der Waals surface area contributed by atoms with Gasteiger partial charge in [0.25, 0.3) is 5.91 Å². The maximum absolute atomic E-state index is 13.5. The Balaban J connectivity index is 1.91. The topological polar surface area (TPSA) is 41.1 Å². The summed E-state index contributed by atoms with van der Waals surface area (Å²) in [6.07, 6.45) is 0. The molecule has 0 fully saturated rings. The summed E-state index contributed by atoms with van der Waals surface area (Å²) in [7, 11) is 0. The predicted octanol–water partition coefficient (Wildman–Crippen LogP) is 4.76. The zero-order valence-corrected chi connectivity index (χ0v) is 13.3. The van der Waals surface area contributed by atoms with Crippen molar-refractivity contribution >= 4 is 28.6 Å². The average Bonchev–Trinajstić information content (AvgIpc) is 2.96. The molecule has 0 bridgehead atoms. The summed E-state index contributed by atoms with van der Waals surface area (Å²) in [5, 5.41) is 6.10. The SMILES string of the molecule is O=C1Nc2cc(F)ccc2/C1=C(/Nc1ccccc1)c1ccccc1. The molecule has 0 spiro atoms. The summed E-state index contributed by atoms with van der Waals surface area (Å²) < 4.78 is 13.5. The second-order valence-electron chi connectivity index (χ2n) is 5.75. The van der Waals surface area contributed by atoms with Gasteiger partial charge in [0.2, 0.25) is 0 Å². The molecule has 2 N–H and O–H groups in total. The maximum Gasteiger partial charge on any atom is 0.258 e. The van der Waals surface area contributed by atoms with Crippen LogP contribution in [0.1, 0.15) is 11.1 Å². The van der Waals surface area contributed by atoms with Gasteiger partial charge in [-0.2, -0.15) is 0 Å². The molecule has 3 aromatic rings. The van der Waals surface area contributed by atoms with Gasteiger partial charge in [-0.25, -0.2) is 4.39 Å². The highest BCUT2D eigenvalue weighted by atomic mass is 19.1. The van der Waals surface area contributed by atoms with Gasteiger partial charge >= 0.3 is 0 Å². The first-order chi connectivity index (χ1) is 12.2. The highest BCUT2D eigenvalue weighted by Gasteiger charge is 2.28. The molecule has 1 amide bonds. The molecule has 4 rings (SSSR count). The van der Waals surface area contributed by atoms with Crippen LogP contribution in [0.4, 0.5) is 15.8 Å². The lowest BCUT2D eigenvalue weighted by atomic mass is 10.00. The van der Waals surface area contributed by atoms with Crippen molar-refractivity contribution in [2.75, 3.05) is 10.6 Å². The largest absolute Gasteiger partial charge is 0.354 e. The Morgan fingerprint density at radius 1 is 0.880 bits per heavy atom. The van der Waals surface area contributed by atoms with Gasteiger partial charge in [0, 0.05) is 11.3 Å². The molecule has 1 aliphatic heterocycles. The van der Waals surface area contributed by atoms with Gasteiger partial charge in [-0.05, 0) is 35.9 Å². The van der Waals surface area contributed by atoms with Crippen molar-refractivity contribution in [3.05, 3.63) is 95.8 Å². The van der Waals surface area contributed by atoms with E-state index in [1.54, 1.807) is 6.07 Å². The van der Waals surface area contributed by atoms with Crippen LogP contribution in [0, 0.1) is 5.82 Å². The second-order valence-corrected chi connectivity index (χ2v) is 5.75. The number of para-hydroxylation sites is 1. The van der Waals surface area contributed by atoms with Crippen molar-refractivity contribution in [1.29, 1.82) is 0 Å². The minimum Gasteiger partial charge on any atom is -0.354 e. The first-order valence-corrected chi connectivity index (χ1v) is 7.95.